The van der Waals surface area contributed by atoms with Gasteiger partial charge >= 0.3 is 0 Å². The first-order valence-corrected chi connectivity index (χ1v) is 6.01. The van der Waals surface area contributed by atoms with Crippen LogP contribution in [0.2, 0.25) is 0 Å². The van der Waals surface area contributed by atoms with Crippen LogP contribution in [-0.4, -0.2) is 32.1 Å². The van der Waals surface area contributed by atoms with Crippen LogP contribution in [0.25, 0.3) is 0 Å². The van der Waals surface area contributed by atoms with E-state index < -0.39 is 0 Å². The van der Waals surface area contributed by atoms with Gasteiger partial charge in [-0.2, -0.15) is 0 Å². The van der Waals surface area contributed by atoms with Crippen molar-refractivity contribution in [2.75, 3.05) is 20.2 Å². The Hall–Kier alpha value is -1.62. The maximum absolute atomic E-state index is 13.5. The number of carbonyl (C=O) groups is 1. The second-order valence-corrected chi connectivity index (χ2v) is 4.40. The third-order valence-electron chi connectivity index (χ3n) is 3.04. The van der Waals surface area contributed by atoms with E-state index in [0.717, 1.165) is 24.9 Å². The van der Waals surface area contributed by atoms with E-state index >= 15 is 0 Å². The Labute approximate surface area is 106 Å². The van der Waals surface area contributed by atoms with E-state index in [4.69, 9.17) is 4.74 Å². The maximum atomic E-state index is 13.5. The molecule has 5 heteroatoms. The number of hydrogen-bond donors (Lipinski definition) is 2. The van der Waals surface area contributed by atoms with Gasteiger partial charge in [-0.15, -0.1) is 0 Å². The number of amides is 1. The van der Waals surface area contributed by atoms with Crippen LogP contribution in [0.1, 0.15) is 12.0 Å². The second kappa shape index (κ2) is 5.82. The van der Waals surface area contributed by atoms with Crippen molar-refractivity contribution in [1.82, 2.24) is 10.6 Å². The molecule has 98 valence electrons. The predicted molar refractivity (Wildman–Crippen MR) is 66.1 cm³/mol. The van der Waals surface area contributed by atoms with Gasteiger partial charge in [-0.25, -0.2) is 4.39 Å². The molecule has 0 spiro atoms. The minimum absolute atomic E-state index is 0.0205. The van der Waals surface area contributed by atoms with Gasteiger partial charge in [0.2, 0.25) is 5.91 Å². The molecule has 0 aromatic heterocycles. The molecule has 1 aromatic rings. The molecule has 0 saturated carbocycles. The Balaban J connectivity index is 1.89. The summed E-state index contributed by atoms with van der Waals surface area (Å²) in [5, 5.41) is 5.95. The zero-order chi connectivity index (χ0) is 13.0. The molecular formula is C13H17FN2O2. The first-order valence-electron chi connectivity index (χ1n) is 6.01. The number of ether oxygens (including phenoxy) is 1. The molecule has 18 heavy (non-hydrogen) atoms. The maximum Gasteiger partial charge on any atom is 0.234 e. The Morgan fingerprint density at radius 3 is 3.00 bits per heavy atom. The highest BCUT2D eigenvalue weighted by Gasteiger charge is 2.17. The molecule has 1 saturated heterocycles. The fourth-order valence-corrected chi connectivity index (χ4v) is 2.07. The lowest BCUT2D eigenvalue weighted by molar-refractivity contribution is -0.122. The number of aryl methyl sites for hydroxylation is 1. The van der Waals surface area contributed by atoms with Crippen LogP contribution < -0.4 is 15.4 Å². The Morgan fingerprint density at radius 1 is 1.50 bits per heavy atom. The molecule has 2 N–H and O–H groups in total. The molecule has 1 amide bonds. The minimum atomic E-state index is -0.346. The topological polar surface area (TPSA) is 50.4 Å². The predicted octanol–water partition coefficient (Wildman–Crippen LogP) is 0.855. The lowest BCUT2D eigenvalue weighted by atomic mass is 10.0. The van der Waals surface area contributed by atoms with Gasteiger partial charge in [-0.3, -0.25) is 4.79 Å². The fraction of sp³-hybridized carbons (Fsp3) is 0.462. The van der Waals surface area contributed by atoms with Crippen LogP contribution in [0.4, 0.5) is 4.39 Å². The molecule has 1 aliphatic rings. The third-order valence-corrected chi connectivity index (χ3v) is 3.04. The first kappa shape index (κ1) is 12.8. The quantitative estimate of drug-likeness (QED) is 0.835. The molecule has 1 atom stereocenters. The van der Waals surface area contributed by atoms with E-state index in [1.807, 2.05) is 6.07 Å². The van der Waals surface area contributed by atoms with E-state index in [2.05, 4.69) is 10.6 Å². The number of piperazine rings is 1. The first-order chi connectivity index (χ1) is 8.69. The lowest BCUT2D eigenvalue weighted by Gasteiger charge is -2.24. The Kier molecular flexibility index (Phi) is 4.15. The van der Waals surface area contributed by atoms with Gasteiger partial charge in [0.25, 0.3) is 0 Å². The van der Waals surface area contributed by atoms with Crippen LogP contribution >= 0.6 is 0 Å². The average molecular weight is 252 g/mol. The molecule has 0 radical (unpaired) electrons. The lowest BCUT2D eigenvalue weighted by Crippen LogP contribution is -2.52. The van der Waals surface area contributed by atoms with Crippen molar-refractivity contribution in [3.63, 3.8) is 0 Å². The van der Waals surface area contributed by atoms with Crippen molar-refractivity contribution < 1.29 is 13.9 Å². The van der Waals surface area contributed by atoms with Gasteiger partial charge in [0.05, 0.1) is 13.7 Å². The number of rotatable bonds is 4. The number of carbonyl (C=O) groups excluding carboxylic acids is 1. The summed E-state index contributed by atoms with van der Waals surface area (Å²) in [6.45, 7) is 1.15. The number of benzene rings is 1. The SMILES string of the molecule is COc1ccc(CCC2CNCC(=O)N2)cc1F. The van der Waals surface area contributed by atoms with Crippen molar-refractivity contribution >= 4 is 5.91 Å². The van der Waals surface area contributed by atoms with Crippen LogP contribution in [-0.2, 0) is 11.2 Å². The highest BCUT2D eigenvalue weighted by molar-refractivity contribution is 5.79. The average Bonchev–Trinajstić information content (AvgIpc) is 2.37. The molecule has 4 nitrogen and oxygen atoms in total. The third kappa shape index (κ3) is 3.20. The van der Waals surface area contributed by atoms with Gasteiger partial charge in [0.1, 0.15) is 0 Å². The normalized spacial score (nSPS) is 19.4. The standard InChI is InChI=1S/C13H17FN2O2/c1-18-12-5-3-9(6-11(12)14)2-4-10-7-15-8-13(17)16-10/h3,5-6,10,15H,2,4,7-8H2,1H3,(H,16,17). The summed E-state index contributed by atoms with van der Waals surface area (Å²) in [6, 6.07) is 5.08. The van der Waals surface area contributed by atoms with E-state index in [1.165, 1.54) is 13.2 Å². The van der Waals surface area contributed by atoms with Crippen molar-refractivity contribution in [2.24, 2.45) is 0 Å². The zero-order valence-corrected chi connectivity index (χ0v) is 10.3. The molecule has 1 unspecified atom stereocenters. The molecule has 0 aliphatic carbocycles. The minimum Gasteiger partial charge on any atom is -0.494 e. The summed E-state index contributed by atoms with van der Waals surface area (Å²) >= 11 is 0. The molecule has 1 aromatic carbocycles. The molecule has 1 aliphatic heterocycles. The van der Waals surface area contributed by atoms with E-state index in [1.54, 1.807) is 6.07 Å². The van der Waals surface area contributed by atoms with Gasteiger partial charge < -0.3 is 15.4 Å². The van der Waals surface area contributed by atoms with Crippen LogP contribution in [0.15, 0.2) is 18.2 Å². The molecule has 1 fully saturated rings. The molecular weight excluding hydrogens is 235 g/mol. The molecule has 1 heterocycles. The second-order valence-electron chi connectivity index (χ2n) is 4.40. The van der Waals surface area contributed by atoms with Crippen molar-refractivity contribution in [3.05, 3.63) is 29.6 Å². The number of methoxy groups -OCH3 is 1. The highest BCUT2D eigenvalue weighted by Crippen LogP contribution is 2.18. The van der Waals surface area contributed by atoms with Crippen LogP contribution in [0.5, 0.6) is 5.75 Å². The van der Waals surface area contributed by atoms with E-state index in [-0.39, 0.29) is 23.5 Å². The van der Waals surface area contributed by atoms with Crippen molar-refractivity contribution in [1.29, 1.82) is 0 Å². The van der Waals surface area contributed by atoms with Gasteiger partial charge in [0.15, 0.2) is 11.6 Å². The summed E-state index contributed by atoms with van der Waals surface area (Å²) in [5.74, 6) is -0.0700. The summed E-state index contributed by atoms with van der Waals surface area (Å²) in [5.41, 5.74) is 0.910. The Morgan fingerprint density at radius 2 is 2.33 bits per heavy atom. The summed E-state index contributed by atoms with van der Waals surface area (Å²) in [6.07, 6.45) is 1.53. The smallest absolute Gasteiger partial charge is 0.234 e. The van der Waals surface area contributed by atoms with Gasteiger partial charge in [0, 0.05) is 12.6 Å². The van der Waals surface area contributed by atoms with E-state index in [9.17, 15) is 9.18 Å². The van der Waals surface area contributed by atoms with E-state index in [0.29, 0.717) is 6.54 Å². The van der Waals surface area contributed by atoms with Gasteiger partial charge in [-0.1, -0.05) is 6.07 Å². The highest BCUT2D eigenvalue weighted by atomic mass is 19.1. The summed E-state index contributed by atoms with van der Waals surface area (Å²) in [4.78, 5) is 11.2. The zero-order valence-electron chi connectivity index (χ0n) is 10.3. The largest absolute Gasteiger partial charge is 0.494 e. The molecule has 2 rings (SSSR count). The van der Waals surface area contributed by atoms with Crippen LogP contribution in [0, 0.1) is 5.82 Å². The number of nitrogens with one attached hydrogen (secondary N) is 2. The fourth-order valence-electron chi connectivity index (χ4n) is 2.07. The van der Waals surface area contributed by atoms with Crippen molar-refractivity contribution in [3.8, 4) is 5.75 Å². The Bertz CT molecular complexity index is 437. The van der Waals surface area contributed by atoms with Gasteiger partial charge in [-0.05, 0) is 30.5 Å². The molecule has 0 bridgehead atoms. The number of hydrogen-bond acceptors (Lipinski definition) is 3. The van der Waals surface area contributed by atoms with Crippen molar-refractivity contribution in [2.45, 2.75) is 18.9 Å². The number of halogens is 1. The summed E-state index contributed by atoms with van der Waals surface area (Å²) < 4.78 is 18.3. The van der Waals surface area contributed by atoms with Crippen LogP contribution in [0.3, 0.4) is 0 Å². The summed E-state index contributed by atoms with van der Waals surface area (Å²) in [7, 11) is 1.45. The monoisotopic (exact) mass is 252 g/mol.